The predicted octanol–water partition coefficient (Wildman–Crippen LogP) is 3.28. The first-order chi connectivity index (χ1) is 14.5. The van der Waals surface area contributed by atoms with Gasteiger partial charge in [-0.05, 0) is 24.3 Å². The van der Waals surface area contributed by atoms with E-state index in [1.54, 1.807) is 49.2 Å². The number of hydrogen-bond donors (Lipinski definition) is 2. The van der Waals surface area contributed by atoms with Crippen molar-refractivity contribution in [2.75, 3.05) is 17.7 Å². The first-order valence-corrected chi connectivity index (χ1v) is 9.36. The summed E-state index contributed by atoms with van der Waals surface area (Å²) in [5.41, 5.74) is 2.91. The number of nitrogens with one attached hydrogen (secondary N) is 2. The summed E-state index contributed by atoms with van der Waals surface area (Å²) in [6, 6.07) is 10.7. The number of rotatable bonds is 5. The van der Waals surface area contributed by atoms with Gasteiger partial charge in [0.05, 0.1) is 23.1 Å². The van der Waals surface area contributed by atoms with E-state index in [1.165, 1.54) is 12.4 Å². The first kappa shape index (κ1) is 19.5. The molecule has 0 saturated carbocycles. The smallest absolute Gasteiger partial charge is 0.258 e. The second-order valence-corrected chi connectivity index (χ2v) is 6.79. The van der Waals surface area contributed by atoms with Crippen LogP contribution in [0.15, 0.2) is 55.0 Å². The lowest BCUT2D eigenvalue weighted by Gasteiger charge is -2.07. The third-order valence-electron chi connectivity index (χ3n) is 4.32. The fourth-order valence-electron chi connectivity index (χ4n) is 2.84. The predicted molar refractivity (Wildman–Crippen MR) is 114 cm³/mol. The summed E-state index contributed by atoms with van der Waals surface area (Å²) >= 11 is 6.00. The van der Waals surface area contributed by atoms with Gasteiger partial charge in [0.25, 0.3) is 5.91 Å². The fourth-order valence-corrected chi connectivity index (χ4v) is 3.03. The molecular formula is C20H17ClN8O. The van der Waals surface area contributed by atoms with Gasteiger partial charge in [0.15, 0.2) is 17.3 Å². The first-order valence-electron chi connectivity index (χ1n) is 8.98. The minimum absolute atomic E-state index is 0.330. The molecule has 3 aromatic heterocycles. The maximum atomic E-state index is 12.5. The average Bonchev–Trinajstić information content (AvgIpc) is 3.15. The summed E-state index contributed by atoms with van der Waals surface area (Å²) in [6.45, 7) is 0. The zero-order valence-corrected chi connectivity index (χ0v) is 16.9. The van der Waals surface area contributed by atoms with Crippen LogP contribution in [0.3, 0.4) is 0 Å². The number of aromatic nitrogens is 6. The van der Waals surface area contributed by atoms with Gasteiger partial charge in [-0.25, -0.2) is 14.6 Å². The molecule has 10 heteroatoms. The molecule has 0 aliphatic heterocycles. The minimum atomic E-state index is -0.336. The van der Waals surface area contributed by atoms with Gasteiger partial charge in [-0.2, -0.15) is 0 Å². The number of hydrogen-bond acceptors (Lipinski definition) is 7. The molecule has 1 aromatic carbocycles. The largest absolute Gasteiger partial charge is 0.371 e. The lowest BCUT2D eigenvalue weighted by molar-refractivity contribution is 0.102. The molecule has 0 unspecified atom stereocenters. The minimum Gasteiger partial charge on any atom is -0.371 e. The fraction of sp³-hybridized carbons (Fsp3) is 0.100. The SMILES string of the molecule is CNc1c(-c2ccc(NC(=O)c3cnc(-c4cccc(Cl)c4)nc3)cn2)nnn1C. The maximum Gasteiger partial charge on any atom is 0.258 e. The Bertz CT molecular complexity index is 1190. The molecule has 0 atom stereocenters. The average molecular weight is 421 g/mol. The number of carbonyl (C=O) groups excluding carboxylic acids is 1. The van der Waals surface area contributed by atoms with E-state index in [1.807, 2.05) is 12.1 Å². The monoisotopic (exact) mass is 420 g/mol. The number of halogens is 1. The quantitative estimate of drug-likeness (QED) is 0.509. The Kier molecular flexibility index (Phi) is 5.36. The molecule has 2 N–H and O–H groups in total. The van der Waals surface area contributed by atoms with Gasteiger partial charge >= 0.3 is 0 Å². The van der Waals surface area contributed by atoms with Crippen LogP contribution in [0, 0.1) is 0 Å². The van der Waals surface area contributed by atoms with E-state index >= 15 is 0 Å². The molecular weight excluding hydrogens is 404 g/mol. The molecule has 150 valence electrons. The molecule has 0 bridgehead atoms. The third kappa shape index (κ3) is 3.96. The molecule has 0 saturated heterocycles. The molecule has 0 aliphatic rings. The van der Waals surface area contributed by atoms with Crippen molar-refractivity contribution in [2.45, 2.75) is 0 Å². The highest BCUT2D eigenvalue weighted by Gasteiger charge is 2.13. The maximum absolute atomic E-state index is 12.5. The van der Waals surface area contributed by atoms with Gasteiger partial charge in [-0.15, -0.1) is 5.10 Å². The van der Waals surface area contributed by atoms with E-state index in [-0.39, 0.29) is 5.91 Å². The second kappa shape index (κ2) is 8.26. The number of amides is 1. The molecule has 4 aromatic rings. The summed E-state index contributed by atoms with van der Waals surface area (Å²) in [7, 11) is 3.58. The van der Waals surface area contributed by atoms with E-state index in [0.29, 0.717) is 33.5 Å². The van der Waals surface area contributed by atoms with Crippen LogP contribution >= 0.6 is 11.6 Å². The van der Waals surface area contributed by atoms with E-state index in [2.05, 4.69) is 35.9 Å². The lowest BCUT2D eigenvalue weighted by atomic mass is 10.2. The molecule has 30 heavy (non-hydrogen) atoms. The number of carbonyl (C=O) groups is 1. The van der Waals surface area contributed by atoms with Crippen molar-refractivity contribution in [3.8, 4) is 22.8 Å². The van der Waals surface area contributed by atoms with Gasteiger partial charge in [-0.1, -0.05) is 28.9 Å². The Morgan fingerprint density at radius 2 is 1.87 bits per heavy atom. The summed E-state index contributed by atoms with van der Waals surface area (Å²) in [5, 5.41) is 14.5. The number of aryl methyl sites for hydroxylation is 1. The molecule has 0 aliphatic carbocycles. The van der Waals surface area contributed by atoms with Crippen molar-refractivity contribution in [1.29, 1.82) is 0 Å². The van der Waals surface area contributed by atoms with Gasteiger partial charge in [0.1, 0.15) is 0 Å². The van der Waals surface area contributed by atoms with Crippen LogP contribution in [0.4, 0.5) is 11.5 Å². The molecule has 0 radical (unpaired) electrons. The van der Waals surface area contributed by atoms with Crippen molar-refractivity contribution in [1.82, 2.24) is 29.9 Å². The van der Waals surface area contributed by atoms with Crippen LogP contribution in [0.2, 0.25) is 5.02 Å². The van der Waals surface area contributed by atoms with Gasteiger partial charge in [0.2, 0.25) is 0 Å². The summed E-state index contributed by atoms with van der Waals surface area (Å²) in [5.74, 6) is 0.901. The summed E-state index contributed by atoms with van der Waals surface area (Å²) in [4.78, 5) is 25.4. The van der Waals surface area contributed by atoms with E-state index in [0.717, 1.165) is 11.4 Å². The Morgan fingerprint density at radius 1 is 1.07 bits per heavy atom. The van der Waals surface area contributed by atoms with E-state index in [9.17, 15) is 4.79 Å². The van der Waals surface area contributed by atoms with Crippen LogP contribution < -0.4 is 10.6 Å². The Hall–Kier alpha value is -3.85. The zero-order chi connectivity index (χ0) is 21.1. The van der Waals surface area contributed by atoms with Crippen molar-refractivity contribution in [3.05, 3.63) is 65.6 Å². The Balaban J connectivity index is 1.47. The highest BCUT2D eigenvalue weighted by Crippen LogP contribution is 2.24. The van der Waals surface area contributed by atoms with Gasteiger partial charge < -0.3 is 10.6 Å². The number of pyridine rings is 1. The zero-order valence-electron chi connectivity index (χ0n) is 16.2. The number of anilines is 2. The molecule has 0 fully saturated rings. The Labute approximate surface area is 177 Å². The number of benzene rings is 1. The van der Waals surface area contributed by atoms with Crippen LogP contribution in [-0.2, 0) is 7.05 Å². The van der Waals surface area contributed by atoms with Crippen molar-refractivity contribution in [2.24, 2.45) is 7.05 Å². The topological polar surface area (TPSA) is 111 Å². The van der Waals surface area contributed by atoms with Crippen LogP contribution in [-0.4, -0.2) is 42.9 Å². The van der Waals surface area contributed by atoms with Crippen molar-refractivity contribution < 1.29 is 4.79 Å². The van der Waals surface area contributed by atoms with Crippen molar-refractivity contribution >= 4 is 29.0 Å². The standard InChI is InChI=1S/C20H17ClN8O/c1-22-19-17(27-28-29(19)2)16-7-6-15(11-23-16)26-20(30)13-9-24-18(25-10-13)12-4-3-5-14(21)8-12/h3-11,22H,1-2H3,(H,26,30). The lowest BCUT2D eigenvalue weighted by Crippen LogP contribution is -2.13. The molecule has 1 amide bonds. The van der Waals surface area contributed by atoms with Crippen LogP contribution in [0.1, 0.15) is 10.4 Å². The molecule has 9 nitrogen and oxygen atoms in total. The summed E-state index contributed by atoms with van der Waals surface area (Å²) < 4.78 is 1.62. The second-order valence-electron chi connectivity index (χ2n) is 6.35. The van der Waals surface area contributed by atoms with Crippen LogP contribution in [0.25, 0.3) is 22.8 Å². The van der Waals surface area contributed by atoms with Crippen LogP contribution in [0.5, 0.6) is 0 Å². The van der Waals surface area contributed by atoms with Gasteiger partial charge in [-0.3, -0.25) is 9.78 Å². The number of nitrogens with zero attached hydrogens (tertiary/aromatic N) is 6. The van der Waals surface area contributed by atoms with E-state index < -0.39 is 0 Å². The molecule has 0 spiro atoms. The normalized spacial score (nSPS) is 10.6. The highest BCUT2D eigenvalue weighted by molar-refractivity contribution is 6.30. The summed E-state index contributed by atoms with van der Waals surface area (Å²) in [6.07, 6.45) is 4.50. The van der Waals surface area contributed by atoms with Crippen molar-refractivity contribution in [3.63, 3.8) is 0 Å². The third-order valence-corrected chi connectivity index (χ3v) is 4.56. The molecule has 4 rings (SSSR count). The Morgan fingerprint density at radius 3 is 2.53 bits per heavy atom. The highest BCUT2D eigenvalue weighted by atomic mass is 35.5. The van der Waals surface area contributed by atoms with E-state index in [4.69, 9.17) is 11.6 Å². The molecule has 3 heterocycles. The van der Waals surface area contributed by atoms with Gasteiger partial charge in [0, 0.05) is 37.1 Å².